The minimum Gasteiger partial charge on any atom is -0.385 e. The molecule has 1 aliphatic carbocycles. The van der Waals surface area contributed by atoms with E-state index >= 15 is 0 Å². The molecular formula is C15H20O. The molecule has 0 fully saturated rings. The maximum atomic E-state index is 10.7. The molecular weight excluding hydrogens is 196 g/mol. The first kappa shape index (κ1) is 11.4. The molecule has 0 saturated carbocycles. The van der Waals surface area contributed by atoms with Gasteiger partial charge >= 0.3 is 0 Å². The summed E-state index contributed by atoms with van der Waals surface area (Å²) in [6.45, 7) is 6.28. The molecule has 1 aliphatic rings. The number of rotatable bonds is 1. The van der Waals surface area contributed by atoms with E-state index in [1.165, 1.54) is 0 Å². The van der Waals surface area contributed by atoms with E-state index in [2.05, 4.69) is 32.1 Å². The highest BCUT2D eigenvalue weighted by molar-refractivity contribution is 5.72. The maximum Gasteiger partial charge on any atom is 0.0899 e. The van der Waals surface area contributed by atoms with Crippen molar-refractivity contribution in [3.8, 4) is 0 Å². The van der Waals surface area contributed by atoms with Crippen molar-refractivity contribution in [1.82, 2.24) is 0 Å². The molecule has 0 radical (unpaired) electrons. The Hall–Kier alpha value is -1.08. The van der Waals surface area contributed by atoms with Gasteiger partial charge in [0.25, 0.3) is 0 Å². The molecule has 0 aliphatic heterocycles. The van der Waals surface area contributed by atoms with Gasteiger partial charge in [0.1, 0.15) is 0 Å². The zero-order valence-corrected chi connectivity index (χ0v) is 10.3. The average molecular weight is 216 g/mol. The van der Waals surface area contributed by atoms with Crippen molar-refractivity contribution in [3.05, 3.63) is 42.0 Å². The molecule has 1 heteroatoms. The molecule has 1 N–H and O–H groups in total. The number of aliphatic hydroxyl groups is 1. The maximum absolute atomic E-state index is 10.7. The van der Waals surface area contributed by atoms with E-state index in [-0.39, 0.29) is 0 Å². The first-order valence-electron chi connectivity index (χ1n) is 6.02. The Morgan fingerprint density at radius 1 is 1.19 bits per heavy atom. The third kappa shape index (κ3) is 1.80. The second kappa shape index (κ2) is 4.06. The van der Waals surface area contributed by atoms with Crippen molar-refractivity contribution in [2.75, 3.05) is 0 Å². The van der Waals surface area contributed by atoms with Gasteiger partial charge < -0.3 is 5.11 Å². The van der Waals surface area contributed by atoms with E-state index in [4.69, 9.17) is 0 Å². The van der Waals surface area contributed by atoms with Crippen LogP contribution in [0, 0.1) is 11.8 Å². The van der Waals surface area contributed by atoms with Gasteiger partial charge in [-0.25, -0.2) is 0 Å². The summed E-state index contributed by atoms with van der Waals surface area (Å²) in [5, 5.41) is 10.7. The summed E-state index contributed by atoms with van der Waals surface area (Å²) in [6, 6.07) is 10.2. The van der Waals surface area contributed by atoms with E-state index in [1.54, 1.807) is 0 Å². The largest absolute Gasteiger partial charge is 0.385 e. The molecule has 16 heavy (non-hydrogen) atoms. The lowest BCUT2D eigenvalue weighted by molar-refractivity contribution is 0.0330. The fraction of sp³-hybridized carbons (Fsp3) is 0.467. The van der Waals surface area contributed by atoms with Crippen molar-refractivity contribution >= 4 is 5.57 Å². The van der Waals surface area contributed by atoms with Crippen LogP contribution in [0.3, 0.4) is 0 Å². The Balaban J connectivity index is 2.42. The zero-order valence-electron chi connectivity index (χ0n) is 10.3. The Kier molecular flexibility index (Phi) is 2.90. The Morgan fingerprint density at radius 2 is 1.81 bits per heavy atom. The molecule has 0 amide bonds. The summed E-state index contributed by atoms with van der Waals surface area (Å²) < 4.78 is 0. The average Bonchev–Trinajstić information content (AvgIpc) is 2.27. The van der Waals surface area contributed by atoms with Gasteiger partial charge in [0.2, 0.25) is 0 Å². The van der Waals surface area contributed by atoms with E-state index in [9.17, 15) is 5.11 Å². The van der Waals surface area contributed by atoms with Gasteiger partial charge in [0.15, 0.2) is 0 Å². The number of benzene rings is 1. The highest BCUT2D eigenvalue weighted by Crippen LogP contribution is 2.42. The van der Waals surface area contributed by atoms with Gasteiger partial charge in [-0.2, -0.15) is 0 Å². The highest BCUT2D eigenvalue weighted by atomic mass is 16.3. The predicted molar refractivity (Wildman–Crippen MR) is 68.0 cm³/mol. The van der Waals surface area contributed by atoms with Crippen LogP contribution in [0.15, 0.2) is 36.4 Å². The topological polar surface area (TPSA) is 20.2 Å². The number of hydrogen-bond acceptors (Lipinski definition) is 1. The summed E-state index contributed by atoms with van der Waals surface area (Å²) in [5.74, 6) is 0.843. The monoisotopic (exact) mass is 216 g/mol. The quantitative estimate of drug-likeness (QED) is 0.761. The van der Waals surface area contributed by atoms with E-state index in [0.29, 0.717) is 11.8 Å². The van der Waals surface area contributed by atoms with Crippen LogP contribution >= 0.6 is 0 Å². The molecule has 0 aromatic heterocycles. The molecule has 86 valence electrons. The minimum atomic E-state index is -0.709. The van der Waals surface area contributed by atoms with Gasteiger partial charge in [0.05, 0.1) is 5.60 Å². The lowest BCUT2D eigenvalue weighted by Gasteiger charge is -2.40. The van der Waals surface area contributed by atoms with Gasteiger partial charge in [0, 0.05) is 0 Å². The number of hydrogen-bond donors (Lipinski definition) is 1. The predicted octanol–water partition coefficient (Wildman–Crippen LogP) is 3.50. The first-order valence-corrected chi connectivity index (χ1v) is 6.02. The third-order valence-corrected chi connectivity index (χ3v) is 4.06. The van der Waals surface area contributed by atoms with Crippen LogP contribution < -0.4 is 0 Å². The molecule has 0 saturated heterocycles. The van der Waals surface area contributed by atoms with Crippen molar-refractivity contribution in [1.29, 1.82) is 0 Å². The lowest BCUT2D eigenvalue weighted by atomic mass is 9.69. The second-order valence-corrected chi connectivity index (χ2v) is 5.13. The smallest absolute Gasteiger partial charge is 0.0899 e. The van der Waals surface area contributed by atoms with Crippen LogP contribution in [0.1, 0.15) is 32.8 Å². The standard InChI is InChI=1S/C15H20O/c1-11-9-10-14(15(3,16)12(11)2)13-7-5-4-6-8-13/h4-8,10-12,16H,9H2,1-3H3/t11-,12-,15+/m0/s1. The molecule has 1 aromatic rings. The van der Waals surface area contributed by atoms with Crippen LogP contribution in [-0.2, 0) is 0 Å². The van der Waals surface area contributed by atoms with Gasteiger partial charge in [-0.3, -0.25) is 0 Å². The molecule has 0 spiro atoms. The van der Waals surface area contributed by atoms with Crippen LogP contribution in [0.2, 0.25) is 0 Å². The molecule has 0 unspecified atom stereocenters. The second-order valence-electron chi connectivity index (χ2n) is 5.13. The Bertz CT molecular complexity index is 389. The molecule has 3 atom stereocenters. The summed E-state index contributed by atoms with van der Waals surface area (Å²) >= 11 is 0. The zero-order chi connectivity index (χ0) is 11.8. The summed E-state index contributed by atoms with van der Waals surface area (Å²) in [6.07, 6.45) is 3.25. The molecule has 0 heterocycles. The molecule has 1 nitrogen and oxygen atoms in total. The van der Waals surface area contributed by atoms with Gasteiger partial charge in [-0.05, 0) is 36.3 Å². The fourth-order valence-corrected chi connectivity index (χ4v) is 2.54. The summed E-state index contributed by atoms with van der Waals surface area (Å²) in [7, 11) is 0. The van der Waals surface area contributed by atoms with Crippen molar-refractivity contribution < 1.29 is 5.11 Å². The fourth-order valence-electron chi connectivity index (χ4n) is 2.54. The van der Waals surface area contributed by atoms with Crippen LogP contribution in [0.25, 0.3) is 5.57 Å². The molecule has 2 rings (SSSR count). The van der Waals surface area contributed by atoms with Crippen LogP contribution in [-0.4, -0.2) is 10.7 Å². The van der Waals surface area contributed by atoms with Crippen molar-refractivity contribution in [3.63, 3.8) is 0 Å². The summed E-state index contributed by atoms with van der Waals surface area (Å²) in [5.41, 5.74) is 1.52. The minimum absolute atomic E-state index is 0.299. The summed E-state index contributed by atoms with van der Waals surface area (Å²) in [4.78, 5) is 0. The Labute approximate surface area is 97.8 Å². The van der Waals surface area contributed by atoms with Crippen LogP contribution in [0.5, 0.6) is 0 Å². The van der Waals surface area contributed by atoms with Crippen LogP contribution in [0.4, 0.5) is 0 Å². The first-order chi connectivity index (χ1) is 7.53. The van der Waals surface area contributed by atoms with Crippen molar-refractivity contribution in [2.45, 2.75) is 32.8 Å². The third-order valence-electron chi connectivity index (χ3n) is 4.06. The SMILES string of the molecule is C[C@H]1CC=C(c2ccccc2)[C@](C)(O)[C@H]1C. The van der Waals surface area contributed by atoms with Gasteiger partial charge in [-0.15, -0.1) is 0 Å². The molecule has 0 bridgehead atoms. The number of allylic oxidation sites excluding steroid dienone is 1. The van der Waals surface area contributed by atoms with E-state index < -0.39 is 5.60 Å². The molecule has 1 aromatic carbocycles. The van der Waals surface area contributed by atoms with Gasteiger partial charge in [-0.1, -0.05) is 50.3 Å². The van der Waals surface area contributed by atoms with Crippen molar-refractivity contribution in [2.24, 2.45) is 11.8 Å². The van der Waals surface area contributed by atoms with E-state index in [0.717, 1.165) is 17.6 Å². The normalized spacial score (nSPS) is 34.6. The van der Waals surface area contributed by atoms with E-state index in [1.807, 2.05) is 25.1 Å². The highest BCUT2D eigenvalue weighted by Gasteiger charge is 2.38. The Morgan fingerprint density at radius 3 is 2.44 bits per heavy atom. The lowest BCUT2D eigenvalue weighted by Crippen LogP contribution is -2.40.